The van der Waals surface area contributed by atoms with E-state index in [1.54, 1.807) is 0 Å². The summed E-state index contributed by atoms with van der Waals surface area (Å²) >= 11 is 6.65. The Hall–Kier alpha value is -0.960. The van der Waals surface area contributed by atoms with Gasteiger partial charge in [-0.1, -0.05) is 89.8 Å². The molecule has 0 aromatic heterocycles. The Labute approximate surface area is 165 Å². The van der Waals surface area contributed by atoms with Crippen LogP contribution in [0.2, 0.25) is 0 Å². The number of hydrogen-bond acceptors (Lipinski definition) is 4. The van der Waals surface area contributed by atoms with Crippen molar-refractivity contribution in [3.05, 3.63) is 60.7 Å². The van der Waals surface area contributed by atoms with Gasteiger partial charge in [-0.2, -0.15) is 0 Å². The fraction of sp³-hybridized carbons (Fsp3) is 0.125. The molecule has 0 spiro atoms. The fourth-order valence-electron chi connectivity index (χ4n) is 1.63. The van der Waals surface area contributed by atoms with Gasteiger partial charge in [0.15, 0.2) is 0 Å². The summed E-state index contributed by atoms with van der Waals surface area (Å²) in [6.45, 7) is 0. The van der Waals surface area contributed by atoms with Crippen molar-refractivity contribution < 1.29 is 9.59 Å². The molecule has 8 heteroatoms. The first-order valence-corrected chi connectivity index (χ1v) is 11.0. The molecule has 0 fully saturated rings. The number of halogens is 2. The number of nitrogens with one attached hydrogen (secondary N) is 2. The topological polar surface area (TPSA) is 58.2 Å². The average Bonchev–Trinajstić information content (AvgIpc) is 2.61. The summed E-state index contributed by atoms with van der Waals surface area (Å²) in [7, 11) is 2.53. The maximum Gasteiger partial charge on any atom is 0.249 e. The zero-order valence-electron chi connectivity index (χ0n) is 12.3. The summed E-state index contributed by atoms with van der Waals surface area (Å²) in [4.78, 5) is 24.2. The highest BCUT2D eigenvalue weighted by Gasteiger charge is 2.22. The van der Waals surface area contributed by atoms with Crippen molar-refractivity contribution >= 4 is 76.6 Å². The lowest BCUT2D eigenvalue weighted by Gasteiger charge is -2.13. The average molecular weight is 490 g/mol. The van der Waals surface area contributed by atoms with Crippen LogP contribution in [0.4, 0.5) is 11.4 Å². The molecule has 2 amide bonds. The van der Waals surface area contributed by atoms with Gasteiger partial charge >= 0.3 is 0 Å². The zero-order valence-corrected chi connectivity index (χ0v) is 17.1. The first-order chi connectivity index (χ1) is 11.6. The SMILES string of the molecule is O=C(Nc1ccccc1)C(Br)SSC(Br)C(=O)Nc1ccccc1. The Morgan fingerprint density at radius 1 is 0.708 bits per heavy atom. The Morgan fingerprint density at radius 2 is 1.04 bits per heavy atom. The van der Waals surface area contributed by atoms with Gasteiger partial charge in [0, 0.05) is 11.4 Å². The molecule has 0 aliphatic carbocycles. The van der Waals surface area contributed by atoms with Crippen LogP contribution in [0.3, 0.4) is 0 Å². The van der Waals surface area contributed by atoms with Crippen molar-refractivity contribution in [1.29, 1.82) is 0 Å². The molecule has 24 heavy (non-hydrogen) atoms. The Morgan fingerprint density at radius 3 is 1.38 bits per heavy atom. The minimum Gasteiger partial charge on any atom is -0.324 e. The highest BCUT2D eigenvalue weighted by Crippen LogP contribution is 2.37. The van der Waals surface area contributed by atoms with E-state index in [1.807, 2.05) is 60.7 Å². The number of hydrogen-bond donors (Lipinski definition) is 2. The van der Waals surface area contributed by atoms with Crippen LogP contribution in [0.15, 0.2) is 60.7 Å². The lowest BCUT2D eigenvalue weighted by molar-refractivity contribution is -0.115. The minimum absolute atomic E-state index is 0.179. The summed E-state index contributed by atoms with van der Waals surface area (Å²) in [5.41, 5.74) is 1.46. The van der Waals surface area contributed by atoms with E-state index in [4.69, 9.17) is 0 Å². The molecule has 0 heterocycles. The van der Waals surface area contributed by atoms with E-state index in [0.717, 1.165) is 11.4 Å². The summed E-state index contributed by atoms with van der Waals surface area (Å²) in [5.74, 6) is -0.358. The third-order valence-corrected chi connectivity index (χ3v) is 8.52. The highest BCUT2D eigenvalue weighted by atomic mass is 79.9. The molecule has 0 saturated heterocycles. The van der Waals surface area contributed by atoms with Gasteiger partial charge in [0.25, 0.3) is 0 Å². The first-order valence-electron chi connectivity index (χ1n) is 6.88. The van der Waals surface area contributed by atoms with Gasteiger partial charge in [-0.3, -0.25) is 9.59 Å². The second-order valence-electron chi connectivity index (χ2n) is 4.54. The molecule has 126 valence electrons. The monoisotopic (exact) mass is 488 g/mol. The lowest BCUT2D eigenvalue weighted by atomic mass is 10.3. The van der Waals surface area contributed by atoms with Crippen LogP contribution < -0.4 is 10.6 Å². The molecule has 2 atom stereocenters. The normalized spacial score (nSPS) is 12.9. The standard InChI is InChI=1S/C16H14Br2N2O2S2/c17-13(15(21)19-11-7-3-1-4-8-11)23-24-14(18)16(22)20-12-9-5-2-6-10-12/h1-10,13-14H,(H,19,21)(H,20,22). The van der Waals surface area contributed by atoms with E-state index in [9.17, 15) is 9.59 Å². The van der Waals surface area contributed by atoms with E-state index in [0.29, 0.717) is 0 Å². The number of para-hydroxylation sites is 2. The number of alkyl halides is 2. The Balaban J connectivity index is 1.77. The second-order valence-corrected chi connectivity index (χ2v) is 10.1. The Kier molecular flexibility index (Phi) is 8.17. The molecule has 2 N–H and O–H groups in total. The van der Waals surface area contributed by atoms with Crippen LogP contribution in [-0.2, 0) is 9.59 Å². The van der Waals surface area contributed by atoms with E-state index < -0.39 is 8.32 Å². The Bertz CT molecular complexity index is 615. The van der Waals surface area contributed by atoms with Crippen LogP contribution in [0.1, 0.15) is 0 Å². The van der Waals surface area contributed by atoms with Gasteiger partial charge in [-0.25, -0.2) is 0 Å². The zero-order chi connectivity index (χ0) is 17.4. The van der Waals surface area contributed by atoms with E-state index >= 15 is 0 Å². The van der Waals surface area contributed by atoms with E-state index in [1.165, 1.54) is 21.6 Å². The predicted molar refractivity (Wildman–Crippen MR) is 111 cm³/mol. The van der Waals surface area contributed by atoms with Crippen LogP contribution in [0.5, 0.6) is 0 Å². The maximum atomic E-state index is 12.1. The van der Waals surface area contributed by atoms with Crippen molar-refractivity contribution in [2.75, 3.05) is 10.6 Å². The molecule has 0 saturated carbocycles. The molecule has 2 aromatic carbocycles. The number of benzene rings is 2. The largest absolute Gasteiger partial charge is 0.324 e. The van der Waals surface area contributed by atoms with Crippen molar-refractivity contribution in [3.8, 4) is 0 Å². The first kappa shape index (κ1) is 19.4. The number of carbonyl (C=O) groups is 2. The van der Waals surface area contributed by atoms with Crippen molar-refractivity contribution in [1.82, 2.24) is 0 Å². The van der Waals surface area contributed by atoms with E-state index in [-0.39, 0.29) is 11.8 Å². The lowest BCUT2D eigenvalue weighted by Crippen LogP contribution is -2.22. The van der Waals surface area contributed by atoms with Crippen molar-refractivity contribution in [3.63, 3.8) is 0 Å². The van der Waals surface area contributed by atoms with Crippen LogP contribution in [0.25, 0.3) is 0 Å². The molecule has 0 radical (unpaired) electrons. The molecule has 2 rings (SSSR count). The second kappa shape index (κ2) is 10.1. The van der Waals surface area contributed by atoms with Crippen LogP contribution in [0, 0.1) is 0 Å². The number of carbonyl (C=O) groups excluding carboxylic acids is 2. The van der Waals surface area contributed by atoms with Gasteiger partial charge < -0.3 is 10.6 Å². The third kappa shape index (κ3) is 6.51. The third-order valence-electron chi connectivity index (χ3n) is 2.72. The molecule has 2 aromatic rings. The number of anilines is 2. The smallest absolute Gasteiger partial charge is 0.249 e. The molecule has 0 aliphatic rings. The predicted octanol–water partition coefficient (Wildman–Crippen LogP) is 5.09. The van der Waals surface area contributed by atoms with Gasteiger partial charge in [-0.05, 0) is 24.3 Å². The van der Waals surface area contributed by atoms with Crippen LogP contribution in [-0.4, -0.2) is 20.1 Å². The molecule has 2 unspecified atom stereocenters. The van der Waals surface area contributed by atoms with Gasteiger partial charge in [0.05, 0.1) is 0 Å². The summed E-state index contributed by atoms with van der Waals surface area (Å²) in [5, 5.41) is 5.60. The van der Waals surface area contributed by atoms with Gasteiger partial charge in [0.1, 0.15) is 8.32 Å². The number of rotatable bonds is 7. The summed E-state index contributed by atoms with van der Waals surface area (Å²) < 4.78 is -0.959. The summed E-state index contributed by atoms with van der Waals surface area (Å²) in [6.07, 6.45) is 0. The minimum atomic E-state index is -0.479. The summed E-state index contributed by atoms with van der Waals surface area (Å²) in [6, 6.07) is 18.4. The molecular formula is C16H14Br2N2O2S2. The van der Waals surface area contributed by atoms with E-state index in [2.05, 4.69) is 42.5 Å². The quantitative estimate of drug-likeness (QED) is 0.420. The van der Waals surface area contributed by atoms with Crippen molar-refractivity contribution in [2.45, 2.75) is 8.32 Å². The fourth-order valence-corrected chi connectivity index (χ4v) is 5.04. The van der Waals surface area contributed by atoms with Crippen LogP contribution >= 0.6 is 53.4 Å². The van der Waals surface area contributed by atoms with Gasteiger partial charge in [0.2, 0.25) is 11.8 Å². The molecule has 4 nitrogen and oxygen atoms in total. The molecular weight excluding hydrogens is 476 g/mol. The molecule has 0 aliphatic heterocycles. The molecule has 0 bridgehead atoms. The van der Waals surface area contributed by atoms with Gasteiger partial charge in [-0.15, -0.1) is 0 Å². The highest BCUT2D eigenvalue weighted by molar-refractivity contribution is 9.16. The number of amides is 2. The maximum absolute atomic E-state index is 12.1. The van der Waals surface area contributed by atoms with Crippen molar-refractivity contribution in [2.24, 2.45) is 0 Å².